The summed E-state index contributed by atoms with van der Waals surface area (Å²) in [6.45, 7) is 7.39. The van der Waals surface area contributed by atoms with Gasteiger partial charge >= 0.3 is 0 Å². The largest absolute Gasteiger partial charge is 0.390 e. The minimum Gasteiger partial charge on any atom is -0.390 e. The van der Waals surface area contributed by atoms with Gasteiger partial charge in [0.25, 0.3) is 0 Å². The Morgan fingerprint density at radius 2 is 1.89 bits per heavy atom. The average Bonchev–Trinajstić information content (AvgIpc) is 2.19. The fraction of sp³-hybridized carbons (Fsp3) is 0.867. The maximum Gasteiger partial charge on any atom is 0.0999 e. The fourth-order valence-corrected chi connectivity index (χ4v) is 3.78. The van der Waals surface area contributed by atoms with E-state index < -0.39 is 16.8 Å². The molecule has 0 aromatic rings. The third-order valence-corrected chi connectivity index (χ3v) is 5.13. The first-order chi connectivity index (χ1) is 8.08. The Kier molecular flexibility index (Phi) is 3.16. The molecular formula is C15H26O3. The number of hydrogen-bond donors (Lipinski definition) is 3. The summed E-state index contributed by atoms with van der Waals surface area (Å²) in [7, 11) is 0. The molecular weight excluding hydrogens is 228 g/mol. The topological polar surface area (TPSA) is 60.7 Å². The number of hydrogen-bond acceptors (Lipinski definition) is 3. The Labute approximate surface area is 110 Å². The molecule has 1 saturated carbocycles. The number of rotatable bonds is 1. The Morgan fingerprint density at radius 3 is 2.44 bits per heavy atom. The lowest BCUT2D eigenvalue weighted by atomic mass is 9.55. The van der Waals surface area contributed by atoms with Crippen molar-refractivity contribution in [3.8, 4) is 0 Å². The van der Waals surface area contributed by atoms with E-state index in [1.165, 1.54) is 5.57 Å². The predicted molar refractivity (Wildman–Crippen MR) is 71.1 cm³/mol. The molecule has 0 bridgehead atoms. The maximum atomic E-state index is 11.0. The van der Waals surface area contributed by atoms with Gasteiger partial charge in [0, 0.05) is 5.92 Å². The number of aliphatic hydroxyl groups is 3. The Morgan fingerprint density at radius 1 is 1.28 bits per heavy atom. The highest BCUT2D eigenvalue weighted by atomic mass is 16.4. The fourth-order valence-electron chi connectivity index (χ4n) is 3.78. The molecule has 104 valence electrons. The zero-order chi connectivity index (χ0) is 13.8. The zero-order valence-electron chi connectivity index (χ0n) is 11.9. The third kappa shape index (κ3) is 2.02. The molecule has 2 aliphatic rings. The van der Waals surface area contributed by atoms with Crippen molar-refractivity contribution in [3.05, 3.63) is 11.6 Å². The molecule has 0 heterocycles. The first kappa shape index (κ1) is 14.0. The molecule has 1 fully saturated rings. The molecule has 2 rings (SSSR count). The molecule has 3 N–H and O–H groups in total. The highest BCUT2D eigenvalue weighted by Gasteiger charge is 2.58. The normalized spacial score (nSPS) is 45.4. The summed E-state index contributed by atoms with van der Waals surface area (Å²) in [5.74, 6) is -0.159. The van der Waals surface area contributed by atoms with Crippen LogP contribution in [0.4, 0.5) is 0 Å². The van der Waals surface area contributed by atoms with Gasteiger partial charge in [-0.25, -0.2) is 0 Å². The van der Waals surface area contributed by atoms with Gasteiger partial charge in [-0.05, 0) is 59.3 Å². The molecule has 0 aliphatic heterocycles. The molecule has 4 atom stereocenters. The quantitative estimate of drug-likeness (QED) is 0.627. The lowest BCUT2D eigenvalue weighted by Crippen LogP contribution is -2.64. The predicted octanol–water partition coefficient (Wildman–Crippen LogP) is 2.01. The molecule has 0 aromatic carbocycles. The molecule has 2 aliphatic carbocycles. The molecule has 0 radical (unpaired) electrons. The summed E-state index contributed by atoms with van der Waals surface area (Å²) in [4.78, 5) is 0. The van der Waals surface area contributed by atoms with Crippen LogP contribution in [0.5, 0.6) is 0 Å². The molecule has 3 nitrogen and oxygen atoms in total. The zero-order valence-corrected chi connectivity index (χ0v) is 11.9. The van der Waals surface area contributed by atoms with Crippen LogP contribution in [0, 0.1) is 11.8 Å². The standard InChI is InChI=1S/C15H26O3/c1-10-5-8-15(18)12(9-10)11(13(2,3)16)6-7-14(15,4)17/h9,11-12,16-18H,5-8H2,1-4H3/t11-,12+,14-,15-/m0/s1. The van der Waals surface area contributed by atoms with Crippen LogP contribution in [0.1, 0.15) is 53.4 Å². The van der Waals surface area contributed by atoms with E-state index in [2.05, 4.69) is 13.0 Å². The summed E-state index contributed by atoms with van der Waals surface area (Å²) in [5.41, 5.74) is -1.74. The molecule has 0 saturated heterocycles. The number of allylic oxidation sites excluding steroid dienone is 1. The van der Waals surface area contributed by atoms with Gasteiger partial charge in [-0.2, -0.15) is 0 Å². The van der Waals surface area contributed by atoms with E-state index in [0.29, 0.717) is 12.8 Å². The third-order valence-electron chi connectivity index (χ3n) is 5.13. The van der Waals surface area contributed by atoms with Crippen LogP contribution in [0.15, 0.2) is 11.6 Å². The van der Waals surface area contributed by atoms with Crippen LogP contribution in [-0.2, 0) is 0 Å². The summed E-state index contributed by atoms with van der Waals surface area (Å²) in [5, 5.41) is 31.8. The van der Waals surface area contributed by atoms with Crippen molar-refractivity contribution >= 4 is 0 Å². The summed E-state index contributed by atoms with van der Waals surface area (Å²) >= 11 is 0. The lowest BCUT2D eigenvalue weighted by molar-refractivity contribution is -0.221. The second-order valence-electron chi connectivity index (χ2n) is 7.04. The van der Waals surface area contributed by atoms with Crippen molar-refractivity contribution in [2.45, 2.75) is 70.2 Å². The van der Waals surface area contributed by atoms with Crippen LogP contribution in [0.2, 0.25) is 0 Å². The molecule has 0 spiro atoms. The van der Waals surface area contributed by atoms with Crippen LogP contribution in [0.3, 0.4) is 0 Å². The van der Waals surface area contributed by atoms with E-state index in [9.17, 15) is 15.3 Å². The Balaban J connectivity index is 2.44. The van der Waals surface area contributed by atoms with Crippen molar-refractivity contribution in [2.75, 3.05) is 0 Å². The summed E-state index contributed by atoms with van der Waals surface area (Å²) in [6.07, 6.45) is 4.76. The van der Waals surface area contributed by atoms with E-state index >= 15 is 0 Å². The average molecular weight is 254 g/mol. The summed E-state index contributed by atoms with van der Waals surface area (Å²) < 4.78 is 0. The van der Waals surface area contributed by atoms with Gasteiger partial charge < -0.3 is 15.3 Å². The number of fused-ring (bicyclic) bond motifs is 1. The van der Waals surface area contributed by atoms with E-state index in [1.54, 1.807) is 20.8 Å². The van der Waals surface area contributed by atoms with Crippen molar-refractivity contribution in [2.24, 2.45) is 11.8 Å². The Hall–Kier alpha value is -0.380. The van der Waals surface area contributed by atoms with E-state index in [1.807, 2.05) is 0 Å². The van der Waals surface area contributed by atoms with Gasteiger partial charge in [0.2, 0.25) is 0 Å². The first-order valence-corrected chi connectivity index (χ1v) is 6.92. The monoisotopic (exact) mass is 254 g/mol. The van der Waals surface area contributed by atoms with Gasteiger partial charge in [0.1, 0.15) is 0 Å². The van der Waals surface area contributed by atoms with Crippen molar-refractivity contribution in [1.29, 1.82) is 0 Å². The Bertz CT molecular complexity index is 364. The molecule has 0 unspecified atom stereocenters. The van der Waals surface area contributed by atoms with Crippen molar-refractivity contribution < 1.29 is 15.3 Å². The minimum absolute atomic E-state index is 0.00188. The van der Waals surface area contributed by atoms with E-state index in [4.69, 9.17) is 0 Å². The van der Waals surface area contributed by atoms with Crippen LogP contribution < -0.4 is 0 Å². The second-order valence-corrected chi connectivity index (χ2v) is 7.04. The molecule has 3 heteroatoms. The van der Waals surface area contributed by atoms with Gasteiger partial charge in [0.05, 0.1) is 16.8 Å². The van der Waals surface area contributed by atoms with Crippen LogP contribution in [0.25, 0.3) is 0 Å². The minimum atomic E-state index is -1.10. The highest BCUT2D eigenvalue weighted by Crippen LogP contribution is 2.53. The molecule has 0 aromatic heterocycles. The van der Waals surface area contributed by atoms with Gasteiger partial charge in [-0.1, -0.05) is 11.6 Å². The summed E-state index contributed by atoms with van der Waals surface area (Å²) in [6, 6.07) is 0. The molecule has 0 amide bonds. The smallest absolute Gasteiger partial charge is 0.0999 e. The van der Waals surface area contributed by atoms with E-state index in [-0.39, 0.29) is 11.8 Å². The second kappa shape index (κ2) is 4.06. The highest BCUT2D eigenvalue weighted by molar-refractivity contribution is 5.21. The van der Waals surface area contributed by atoms with Crippen LogP contribution >= 0.6 is 0 Å². The van der Waals surface area contributed by atoms with Gasteiger partial charge in [-0.3, -0.25) is 0 Å². The van der Waals surface area contributed by atoms with Crippen LogP contribution in [-0.4, -0.2) is 32.1 Å². The lowest BCUT2D eigenvalue weighted by Gasteiger charge is -2.56. The van der Waals surface area contributed by atoms with Crippen molar-refractivity contribution in [1.82, 2.24) is 0 Å². The van der Waals surface area contributed by atoms with E-state index in [0.717, 1.165) is 12.8 Å². The van der Waals surface area contributed by atoms with Gasteiger partial charge in [-0.15, -0.1) is 0 Å². The first-order valence-electron chi connectivity index (χ1n) is 6.92. The SMILES string of the molecule is CC1=C[C@@H]2[C@@H](C(C)(C)O)CC[C@](C)(O)[C@]2(O)CC1. The van der Waals surface area contributed by atoms with Gasteiger partial charge in [0.15, 0.2) is 0 Å². The molecule has 18 heavy (non-hydrogen) atoms. The van der Waals surface area contributed by atoms with Crippen molar-refractivity contribution in [3.63, 3.8) is 0 Å². The maximum absolute atomic E-state index is 11.0.